The van der Waals surface area contributed by atoms with Crippen LogP contribution in [0.15, 0.2) is 0 Å². The molecule has 2 heterocycles. The Morgan fingerprint density at radius 3 is 2.29 bits per heavy atom. The summed E-state index contributed by atoms with van der Waals surface area (Å²) in [6.07, 6.45) is 4.92. The van der Waals surface area contributed by atoms with E-state index in [2.05, 4.69) is 10.6 Å². The lowest BCUT2D eigenvalue weighted by atomic mass is 10.2. The van der Waals surface area contributed by atoms with E-state index in [1.165, 1.54) is 0 Å². The molecule has 0 spiro atoms. The molecule has 0 aliphatic carbocycles. The van der Waals surface area contributed by atoms with Crippen LogP contribution in [0.5, 0.6) is 0 Å². The van der Waals surface area contributed by atoms with Crippen molar-refractivity contribution in [1.29, 1.82) is 0 Å². The molecular weight excluding hydrogens is 220 g/mol. The summed E-state index contributed by atoms with van der Waals surface area (Å²) in [7, 11) is 0. The Morgan fingerprint density at radius 1 is 1.06 bits per heavy atom. The van der Waals surface area contributed by atoms with E-state index in [9.17, 15) is 4.79 Å². The van der Waals surface area contributed by atoms with Crippen molar-refractivity contribution in [3.05, 3.63) is 0 Å². The second-order valence-electron chi connectivity index (χ2n) is 4.71. The van der Waals surface area contributed by atoms with Gasteiger partial charge >= 0.3 is 0 Å². The molecule has 98 valence electrons. The maximum absolute atomic E-state index is 11.5. The summed E-state index contributed by atoms with van der Waals surface area (Å²) >= 11 is 0. The third kappa shape index (κ3) is 4.61. The highest BCUT2D eigenvalue weighted by Gasteiger charge is 2.17. The van der Waals surface area contributed by atoms with Crippen molar-refractivity contribution >= 4 is 5.91 Å². The van der Waals surface area contributed by atoms with E-state index in [4.69, 9.17) is 9.47 Å². The van der Waals surface area contributed by atoms with Gasteiger partial charge in [-0.1, -0.05) is 0 Å². The van der Waals surface area contributed by atoms with Gasteiger partial charge in [0.15, 0.2) is 0 Å². The molecule has 0 aromatic heterocycles. The molecule has 0 saturated carbocycles. The van der Waals surface area contributed by atoms with Gasteiger partial charge in [0.25, 0.3) is 0 Å². The van der Waals surface area contributed by atoms with Crippen molar-refractivity contribution in [2.45, 2.75) is 37.9 Å². The minimum atomic E-state index is 0.0403. The van der Waals surface area contributed by atoms with Crippen LogP contribution in [0.25, 0.3) is 0 Å². The zero-order chi connectivity index (χ0) is 11.9. The smallest absolute Gasteiger partial charge is 0.234 e. The van der Waals surface area contributed by atoms with E-state index < -0.39 is 0 Å². The molecule has 5 nitrogen and oxygen atoms in total. The largest absolute Gasteiger partial charge is 0.377 e. The zero-order valence-electron chi connectivity index (χ0n) is 10.2. The lowest BCUT2D eigenvalue weighted by molar-refractivity contribution is -0.120. The number of hydrogen-bond donors (Lipinski definition) is 2. The summed E-state index contributed by atoms with van der Waals surface area (Å²) < 4.78 is 10.9. The van der Waals surface area contributed by atoms with Crippen LogP contribution < -0.4 is 10.6 Å². The normalized spacial score (nSPS) is 28.5. The molecular formula is C12H22N2O3. The highest BCUT2D eigenvalue weighted by Crippen LogP contribution is 2.11. The minimum absolute atomic E-state index is 0.0403. The molecule has 0 radical (unpaired) electrons. The van der Waals surface area contributed by atoms with Crippen molar-refractivity contribution in [1.82, 2.24) is 10.6 Å². The minimum Gasteiger partial charge on any atom is -0.377 e. The second kappa shape index (κ2) is 6.93. The van der Waals surface area contributed by atoms with Crippen molar-refractivity contribution in [3.8, 4) is 0 Å². The van der Waals surface area contributed by atoms with Crippen molar-refractivity contribution in [2.24, 2.45) is 0 Å². The van der Waals surface area contributed by atoms with Gasteiger partial charge in [-0.25, -0.2) is 0 Å². The maximum Gasteiger partial charge on any atom is 0.234 e. The molecule has 5 heteroatoms. The van der Waals surface area contributed by atoms with E-state index in [0.29, 0.717) is 19.2 Å². The second-order valence-corrected chi connectivity index (χ2v) is 4.71. The highest BCUT2D eigenvalue weighted by molar-refractivity contribution is 5.77. The first kappa shape index (κ1) is 12.8. The van der Waals surface area contributed by atoms with Gasteiger partial charge in [-0.2, -0.15) is 0 Å². The Bertz CT molecular complexity index is 236. The summed E-state index contributed by atoms with van der Waals surface area (Å²) in [6.45, 7) is 3.47. The Balaban J connectivity index is 1.48. The fourth-order valence-electron chi connectivity index (χ4n) is 2.25. The molecule has 2 atom stereocenters. The first-order chi connectivity index (χ1) is 8.34. The molecule has 1 amide bonds. The van der Waals surface area contributed by atoms with E-state index in [1.54, 1.807) is 0 Å². The molecule has 0 bridgehead atoms. The fourth-order valence-corrected chi connectivity index (χ4v) is 2.25. The highest BCUT2D eigenvalue weighted by atomic mass is 16.5. The average Bonchev–Trinajstić information content (AvgIpc) is 2.99. The van der Waals surface area contributed by atoms with E-state index >= 15 is 0 Å². The first-order valence-corrected chi connectivity index (χ1v) is 6.55. The van der Waals surface area contributed by atoms with Crippen LogP contribution in [0.2, 0.25) is 0 Å². The van der Waals surface area contributed by atoms with Gasteiger partial charge in [0, 0.05) is 26.3 Å². The van der Waals surface area contributed by atoms with Gasteiger partial charge in [0.1, 0.15) is 0 Å². The first-order valence-electron chi connectivity index (χ1n) is 6.55. The van der Waals surface area contributed by atoms with Crippen LogP contribution >= 0.6 is 0 Å². The van der Waals surface area contributed by atoms with Gasteiger partial charge in [-0.3, -0.25) is 4.79 Å². The lowest BCUT2D eigenvalue weighted by Gasteiger charge is -2.12. The molecule has 0 aromatic carbocycles. The van der Waals surface area contributed by atoms with Crippen LogP contribution in [0.1, 0.15) is 25.7 Å². The van der Waals surface area contributed by atoms with E-state index in [-0.39, 0.29) is 12.0 Å². The number of ether oxygens (including phenoxy) is 2. The van der Waals surface area contributed by atoms with Crippen LogP contribution in [0, 0.1) is 0 Å². The SMILES string of the molecule is O=C(CNC[C@H]1CCCO1)NC[C@H]1CCCO1. The summed E-state index contributed by atoms with van der Waals surface area (Å²) in [6, 6.07) is 0. The Morgan fingerprint density at radius 2 is 1.71 bits per heavy atom. The van der Waals surface area contributed by atoms with Crippen LogP contribution in [0.3, 0.4) is 0 Å². The van der Waals surface area contributed by atoms with E-state index in [1.807, 2.05) is 0 Å². The Kier molecular flexibility index (Phi) is 5.22. The summed E-state index contributed by atoms with van der Waals surface area (Å²) in [5, 5.41) is 6.01. The summed E-state index contributed by atoms with van der Waals surface area (Å²) in [4.78, 5) is 11.5. The quantitative estimate of drug-likeness (QED) is 0.691. The fraction of sp³-hybridized carbons (Fsp3) is 0.917. The van der Waals surface area contributed by atoms with E-state index in [0.717, 1.165) is 45.4 Å². The van der Waals surface area contributed by atoms with Gasteiger partial charge in [-0.15, -0.1) is 0 Å². The van der Waals surface area contributed by atoms with Crippen molar-refractivity contribution in [2.75, 3.05) is 32.8 Å². The molecule has 2 rings (SSSR count). The van der Waals surface area contributed by atoms with Crippen LogP contribution in [0.4, 0.5) is 0 Å². The number of rotatable bonds is 6. The average molecular weight is 242 g/mol. The molecule has 2 aliphatic rings. The van der Waals surface area contributed by atoms with Gasteiger partial charge in [0.2, 0.25) is 5.91 Å². The topological polar surface area (TPSA) is 59.6 Å². The number of carbonyl (C=O) groups is 1. The van der Waals surface area contributed by atoms with Gasteiger partial charge in [0.05, 0.1) is 18.8 Å². The lowest BCUT2D eigenvalue weighted by Crippen LogP contribution is -2.40. The molecule has 0 aromatic rings. The van der Waals surface area contributed by atoms with Gasteiger partial charge in [-0.05, 0) is 25.7 Å². The Hall–Kier alpha value is -0.650. The molecule has 2 saturated heterocycles. The third-order valence-electron chi connectivity index (χ3n) is 3.23. The predicted octanol–water partition coefficient (Wildman–Crippen LogP) is 0.0502. The van der Waals surface area contributed by atoms with Crippen LogP contribution in [-0.4, -0.2) is 51.0 Å². The molecule has 2 aliphatic heterocycles. The van der Waals surface area contributed by atoms with Crippen LogP contribution in [-0.2, 0) is 14.3 Å². The Labute approximate surface area is 102 Å². The summed E-state index contributed by atoms with van der Waals surface area (Å²) in [5.41, 5.74) is 0. The number of nitrogens with one attached hydrogen (secondary N) is 2. The van der Waals surface area contributed by atoms with Crippen molar-refractivity contribution in [3.63, 3.8) is 0 Å². The molecule has 17 heavy (non-hydrogen) atoms. The molecule has 2 N–H and O–H groups in total. The van der Waals surface area contributed by atoms with Crippen molar-refractivity contribution < 1.29 is 14.3 Å². The molecule has 0 unspecified atom stereocenters. The third-order valence-corrected chi connectivity index (χ3v) is 3.23. The van der Waals surface area contributed by atoms with Gasteiger partial charge < -0.3 is 20.1 Å². The standard InChI is InChI=1S/C12H22N2O3/c15-12(14-8-11-4-2-6-17-11)9-13-7-10-3-1-5-16-10/h10-11,13H,1-9H2,(H,14,15)/t10-,11-/m1/s1. The predicted molar refractivity (Wildman–Crippen MR) is 63.8 cm³/mol. The maximum atomic E-state index is 11.5. The summed E-state index contributed by atoms with van der Waals surface area (Å²) in [5.74, 6) is 0.0403. The monoisotopic (exact) mass is 242 g/mol. The zero-order valence-corrected chi connectivity index (χ0v) is 10.2. The number of hydrogen-bond acceptors (Lipinski definition) is 4. The number of amides is 1. The molecule has 2 fully saturated rings. The number of carbonyl (C=O) groups excluding carboxylic acids is 1.